The van der Waals surface area contributed by atoms with Crippen LogP contribution in [-0.4, -0.2) is 56.8 Å². The fraction of sp³-hybridized carbons (Fsp3) is 0.333. The van der Waals surface area contributed by atoms with E-state index in [2.05, 4.69) is 54.4 Å². The van der Waals surface area contributed by atoms with Gasteiger partial charge in [0.1, 0.15) is 0 Å². The lowest BCUT2D eigenvalue weighted by molar-refractivity contribution is 0.571. The van der Waals surface area contributed by atoms with Crippen LogP contribution in [0.3, 0.4) is 0 Å². The van der Waals surface area contributed by atoms with Crippen LogP contribution >= 0.6 is 0 Å². The van der Waals surface area contributed by atoms with Crippen molar-refractivity contribution in [3.63, 3.8) is 0 Å². The maximum Gasteiger partial charge on any atom is 0.317 e. The lowest BCUT2D eigenvalue weighted by Crippen LogP contribution is -2.69. The zero-order valence-electron chi connectivity index (χ0n) is 9.93. The topological polar surface area (TPSA) is 9.72 Å². The van der Waals surface area contributed by atoms with Crippen LogP contribution in [0.5, 0.6) is 0 Å². The van der Waals surface area contributed by atoms with E-state index in [1.165, 1.54) is 0 Å². The molecular formula is C9H18B3N3. The molecule has 0 aliphatic carbocycles. The Hall–Kier alpha value is -0.705. The molecule has 3 nitrogen and oxygen atoms in total. The van der Waals surface area contributed by atoms with E-state index in [1.807, 2.05) is 18.1 Å². The Morgan fingerprint density at radius 3 is 2.20 bits per heavy atom. The van der Waals surface area contributed by atoms with Gasteiger partial charge in [0.05, 0.1) is 0 Å². The Morgan fingerprint density at radius 2 is 1.67 bits per heavy atom. The first-order valence-electron chi connectivity index (χ1n) is 5.16. The highest BCUT2D eigenvalue weighted by Crippen LogP contribution is 2.11. The van der Waals surface area contributed by atoms with Gasteiger partial charge >= 0.3 is 14.0 Å². The quantitative estimate of drug-likeness (QED) is 0.471. The molecule has 0 saturated carbocycles. The number of rotatable bonds is 3. The Bertz CT molecular complexity index is 269. The second-order valence-electron chi connectivity index (χ2n) is 4.00. The zero-order valence-corrected chi connectivity index (χ0v) is 9.93. The molecule has 1 rings (SSSR count). The summed E-state index contributed by atoms with van der Waals surface area (Å²) >= 11 is 0. The van der Waals surface area contributed by atoms with Crippen molar-refractivity contribution in [3.8, 4) is 0 Å². The van der Waals surface area contributed by atoms with E-state index in [9.17, 15) is 0 Å². The van der Waals surface area contributed by atoms with E-state index in [0.717, 1.165) is 7.55 Å². The van der Waals surface area contributed by atoms with Gasteiger partial charge in [-0.25, -0.2) is 0 Å². The van der Waals surface area contributed by atoms with Gasteiger partial charge in [-0.2, -0.15) is 0 Å². The third kappa shape index (κ3) is 2.65. The molecule has 0 radical (unpaired) electrons. The van der Waals surface area contributed by atoms with Crippen molar-refractivity contribution in [2.75, 3.05) is 21.1 Å². The van der Waals surface area contributed by atoms with Crippen molar-refractivity contribution in [2.24, 2.45) is 0 Å². The van der Waals surface area contributed by atoms with E-state index in [0.29, 0.717) is 14.0 Å². The minimum Gasteiger partial charge on any atom is -0.359 e. The first kappa shape index (κ1) is 12.4. The molecule has 0 aromatic carbocycles. The molecule has 1 fully saturated rings. The molecule has 15 heavy (non-hydrogen) atoms. The summed E-state index contributed by atoms with van der Waals surface area (Å²) in [6.45, 7) is 8.17. The van der Waals surface area contributed by atoms with Crippen LogP contribution in [0.2, 0.25) is 0 Å². The van der Waals surface area contributed by atoms with Gasteiger partial charge in [-0.05, 0) is 21.1 Å². The Balaban J connectivity index is 2.81. The van der Waals surface area contributed by atoms with E-state index < -0.39 is 0 Å². The number of nitrogens with zero attached hydrogens (tertiary/aromatic N) is 3. The molecule has 1 aliphatic rings. The van der Waals surface area contributed by atoms with Crippen molar-refractivity contribution in [1.29, 1.82) is 0 Å². The fourth-order valence-corrected chi connectivity index (χ4v) is 2.10. The molecule has 0 unspecified atom stereocenters. The van der Waals surface area contributed by atoms with E-state index >= 15 is 0 Å². The van der Waals surface area contributed by atoms with Crippen LogP contribution in [-0.2, 0) is 0 Å². The van der Waals surface area contributed by atoms with Gasteiger partial charge in [0, 0.05) is 0 Å². The summed E-state index contributed by atoms with van der Waals surface area (Å²) in [4.78, 5) is 0. The summed E-state index contributed by atoms with van der Waals surface area (Å²) in [5.41, 5.74) is 0. The molecule has 0 spiro atoms. The summed E-state index contributed by atoms with van der Waals surface area (Å²) < 4.78 is 6.81. The number of hydrogen-bond acceptors (Lipinski definition) is 3. The third-order valence-corrected chi connectivity index (χ3v) is 2.81. The molecule has 78 valence electrons. The molecule has 1 saturated heterocycles. The van der Waals surface area contributed by atoms with Crippen molar-refractivity contribution < 1.29 is 0 Å². The van der Waals surface area contributed by atoms with Crippen molar-refractivity contribution in [1.82, 2.24) is 14.2 Å². The molecule has 1 aliphatic heterocycles. The molecule has 0 aromatic rings. The molecule has 6 heteroatoms. The van der Waals surface area contributed by atoms with Gasteiger partial charge in [0.2, 0.25) is 0 Å². The van der Waals surface area contributed by atoms with Gasteiger partial charge in [-0.1, -0.05) is 30.7 Å². The molecule has 0 N–H and O–H groups in total. The van der Waals surface area contributed by atoms with Crippen molar-refractivity contribution >= 4 is 21.5 Å². The average molecular weight is 201 g/mol. The zero-order chi connectivity index (χ0) is 11.4. The molecular weight excluding hydrogens is 183 g/mol. The normalized spacial score (nSPS) is 20.7. The van der Waals surface area contributed by atoms with Crippen LogP contribution in [0.1, 0.15) is 0 Å². The highest BCUT2D eigenvalue weighted by molar-refractivity contribution is 6.84. The second-order valence-corrected chi connectivity index (χ2v) is 4.00. The Labute approximate surface area is 94.6 Å². The van der Waals surface area contributed by atoms with Gasteiger partial charge in [-0.3, -0.25) is 0 Å². The van der Waals surface area contributed by atoms with E-state index in [-0.39, 0.29) is 0 Å². The maximum absolute atomic E-state index is 3.88. The average Bonchev–Trinajstić information content (AvgIpc) is 2.17. The summed E-state index contributed by atoms with van der Waals surface area (Å²) in [5, 5.41) is 0. The molecule has 0 atom stereocenters. The first-order chi connectivity index (χ1) is 7.11. The van der Waals surface area contributed by atoms with Crippen LogP contribution in [0.4, 0.5) is 0 Å². The Kier molecular flexibility index (Phi) is 4.45. The highest BCUT2D eigenvalue weighted by atomic mass is 15.3. The van der Waals surface area contributed by atoms with Crippen molar-refractivity contribution in [3.05, 3.63) is 37.3 Å². The Morgan fingerprint density at radius 1 is 1.07 bits per heavy atom. The molecule has 0 aromatic heterocycles. The summed E-state index contributed by atoms with van der Waals surface area (Å²) in [6.07, 6.45) is 3.80. The fourth-order valence-electron chi connectivity index (χ4n) is 2.10. The standard InChI is InChI=1S/C9H18B3N3/c1-6-8-9-12-14(4)10-13(3)11(7-2)15(12)5/h6-10H,1-2H2,3-5H3. The largest absolute Gasteiger partial charge is 0.359 e. The maximum atomic E-state index is 3.88. The molecule has 0 bridgehead atoms. The molecule has 1 heterocycles. The summed E-state index contributed by atoms with van der Waals surface area (Å²) in [7, 11) is 7.26. The highest BCUT2D eigenvalue weighted by Gasteiger charge is 2.38. The lowest BCUT2D eigenvalue weighted by atomic mass is 9.50. The SMILES string of the molecule is C=CC=CB1N(C)BN(C)B(C=C)N1C. The summed E-state index contributed by atoms with van der Waals surface area (Å²) in [5.74, 6) is 4.12. The van der Waals surface area contributed by atoms with Crippen LogP contribution in [0.25, 0.3) is 0 Å². The van der Waals surface area contributed by atoms with E-state index in [4.69, 9.17) is 0 Å². The number of allylic oxidation sites excluding steroid dienone is 2. The summed E-state index contributed by atoms with van der Waals surface area (Å²) in [6, 6.07) is 0. The van der Waals surface area contributed by atoms with Crippen LogP contribution in [0.15, 0.2) is 37.3 Å². The van der Waals surface area contributed by atoms with Gasteiger partial charge < -0.3 is 14.2 Å². The predicted molar refractivity (Wildman–Crippen MR) is 71.5 cm³/mol. The van der Waals surface area contributed by atoms with E-state index in [1.54, 1.807) is 0 Å². The third-order valence-electron chi connectivity index (χ3n) is 2.81. The lowest BCUT2D eigenvalue weighted by Gasteiger charge is -2.44. The predicted octanol–water partition coefficient (Wildman–Crippen LogP) is 0.0449. The number of hydrogen-bond donors (Lipinski definition) is 0. The van der Waals surface area contributed by atoms with Gasteiger partial charge in [-0.15, -0.1) is 6.58 Å². The van der Waals surface area contributed by atoms with Crippen molar-refractivity contribution in [2.45, 2.75) is 0 Å². The minimum atomic E-state index is 0.292. The monoisotopic (exact) mass is 201 g/mol. The van der Waals surface area contributed by atoms with Crippen LogP contribution < -0.4 is 0 Å². The molecule has 0 amide bonds. The van der Waals surface area contributed by atoms with Gasteiger partial charge in [0.25, 0.3) is 7.55 Å². The second kappa shape index (κ2) is 5.40. The van der Waals surface area contributed by atoms with Crippen LogP contribution in [0, 0.1) is 0 Å². The van der Waals surface area contributed by atoms with Gasteiger partial charge in [0.15, 0.2) is 0 Å². The first-order valence-corrected chi connectivity index (χ1v) is 5.16. The smallest absolute Gasteiger partial charge is 0.317 e. The minimum absolute atomic E-state index is 0.292.